The largest absolute Gasteiger partial charge is 0.377 e. The molecule has 4 nitrogen and oxygen atoms in total. The molecular formula is C13H24N2O2. The summed E-state index contributed by atoms with van der Waals surface area (Å²) in [6, 6.07) is 0. The van der Waals surface area contributed by atoms with Gasteiger partial charge in [0, 0.05) is 19.7 Å². The molecule has 2 rings (SSSR count). The number of rotatable bonds is 3. The van der Waals surface area contributed by atoms with E-state index in [0.29, 0.717) is 0 Å². The topological polar surface area (TPSA) is 41.6 Å². The molecule has 17 heavy (non-hydrogen) atoms. The van der Waals surface area contributed by atoms with Gasteiger partial charge >= 0.3 is 0 Å². The third-order valence-corrected chi connectivity index (χ3v) is 3.91. The summed E-state index contributed by atoms with van der Waals surface area (Å²) in [5.74, 6) is 0.263. The molecule has 2 fully saturated rings. The van der Waals surface area contributed by atoms with Crippen LogP contribution in [0.25, 0.3) is 0 Å². The summed E-state index contributed by atoms with van der Waals surface area (Å²) in [6.45, 7) is 7.41. The molecule has 0 radical (unpaired) electrons. The Bertz CT molecular complexity index is 273. The maximum absolute atomic E-state index is 12.5. The predicted molar refractivity (Wildman–Crippen MR) is 66.9 cm³/mol. The Balaban J connectivity index is 1.94. The highest BCUT2D eigenvalue weighted by Crippen LogP contribution is 2.24. The molecule has 2 atom stereocenters. The number of nitrogens with one attached hydrogen (secondary N) is 1. The van der Waals surface area contributed by atoms with Gasteiger partial charge in [0.15, 0.2) is 0 Å². The molecule has 4 heteroatoms. The minimum atomic E-state index is -0.325. The van der Waals surface area contributed by atoms with Crippen molar-refractivity contribution in [3.05, 3.63) is 0 Å². The third kappa shape index (κ3) is 2.80. The highest BCUT2D eigenvalue weighted by Gasteiger charge is 2.40. The summed E-state index contributed by atoms with van der Waals surface area (Å²) in [4.78, 5) is 14.5. The van der Waals surface area contributed by atoms with Gasteiger partial charge in [-0.3, -0.25) is 4.79 Å². The molecule has 2 saturated heterocycles. The van der Waals surface area contributed by atoms with Gasteiger partial charge in [-0.1, -0.05) is 0 Å². The first-order chi connectivity index (χ1) is 8.15. The zero-order valence-corrected chi connectivity index (χ0v) is 11.0. The van der Waals surface area contributed by atoms with Gasteiger partial charge in [-0.05, 0) is 46.1 Å². The summed E-state index contributed by atoms with van der Waals surface area (Å²) < 4.78 is 5.64. The number of carbonyl (C=O) groups excluding carboxylic acids is 1. The highest BCUT2D eigenvalue weighted by molar-refractivity contribution is 5.86. The molecule has 2 heterocycles. The molecule has 2 aliphatic rings. The van der Waals surface area contributed by atoms with Crippen LogP contribution < -0.4 is 5.32 Å². The van der Waals surface area contributed by atoms with Crippen LogP contribution in [0, 0.1) is 0 Å². The van der Waals surface area contributed by atoms with E-state index in [1.165, 1.54) is 0 Å². The monoisotopic (exact) mass is 240 g/mol. The van der Waals surface area contributed by atoms with Gasteiger partial charge in [0.1, 0.15) is 0 Å². The summed E-state index contributed by atoms with van der Waals surface area (Å²) in [6.07, 6.45) is 4.45. The van der Waals surface area contributed by atoms with Crippen molar-refractivity contribution in [3.63, 3.8) is 0 Å². The van der Waals surface area contributed by atoms with E-state index in [0.717, 1.165) is 51.9 Å². The van der Waals surface area contributed by atoms with Crippen LogP contribution in [-0.2, 0) is 9.53 Å². The molecule has 0 bridgehead atoms. The van der Waals surface area contributed by atoms with Crippen molar-refractivity contribution in [1.82, 2.24) is 10.2 Å². The average molecular weight is 240 g/mol. The number of hydrogen-bond acceptors (Lipinski definition) is 3. The lowest BCUT2D eigenvalue weighted by atomic mass is 9.96. The Hall–Kier alpha value is -0.610. The molecule has 2 aliphatic heterocycles. The SMILES string of the molecule is CCOC1CCCN(C(=O)C2(C)CCCN2)C1. The van der Waals surface area contributed by atoms with Crippen molar-refractivity contribution in [2.24, 2.45) is 0 Å². The van der Waals surface area contributed by atoms with Crippen molar-refractivity contribution in [2.45, 2.75) is 51.2 Å². The maximum atomic E-state index is 12.5. The van der Waals surface area contributed by atoms with Gasteiger partial charge in [0.2, 0.25) is 5.91 Å². The summed E-state index contributed by atoms with van der Waals surface area (Å²) in [5, 5.41) is 3.34. The Kier molecular flexibility index (Phi) is 4.05. The fourth-order valence-corrected chi connectivity index (χ4v) is 2.92. The third-order valence-electron chi connectivity index (χ3n) is 3.91. The van der Waals surface area contributed by atoms with Crippen LogP contribution in [-0.4, -0.2) is 48.7 Å². The normalized spacial score (nSPS) is 34.0. The van der Waals surface area contributed by atoms with E-state index in [4.69, 9.17) is 4.74 Å². The average Bonchev–Trinajstić information content (AvgIpc) is 2.77. The zero-order valence-electron chi connectivity index (χ0n) is 11.0. The second-order valence-corrected chi connectivity index (χ2v) is 5.33. The van der Waals surface area contributed by atoms with E-state index in [1.807, 2.05) is 18.7 Å². The van der Waals surface area contributed by atoms with Crippen LogP contribution in [0.2, 0.25) is 0 Å². The Morgan fingerprint density at radius 1 is 1.53 bits per heavy atom. The lowest BCUT2D eigenvalue weighted by molar-refractivity contribution is -0.141. The fourth-order valence-electron chi connectivity index (χ4n) is 2.92. The molecular weight excluding hydrogens is 216 g/mol. The second kappa shape index (κ2) is 5.36. The molecule has 1 amide bonds. The lowest BCUT2D eigenvalue weighted by Crippen LogP contribution is -2.56. The van der Waals surface area contributed by atoms with Gasteiger partial charge in [-0.2, -0.15) is 0 Å². The van der Waals surface area contributed by atoms with Crippen LogP contribution in [0.3, 0.4) is 0 Å². The quantitative estimate of drug-likeness (QED) is 0.805. The fraction of sp³-hybridized carbons (Fsp3) is 0.923. The minimum absolute atomic E-state index is 0.239. The van der Waals surface area contributed by atoms with Crippen molar-refractivity contribution >= 4 is 5.91 Å². The van der Waals surface area contributed by atoms with E-state index < -0.39 is 0 Å². The van der Waals surface area contributed by atoms with Gasteiger partial charge in [0.05, 0.1) is 11.6 Å². The molecule has 0 spiro atoms. The number of hydrogen-bond donors (Lipinski definition) is 1. The molecule has 2 unspecified atom stereocenters. The summed E-state index contributed by atoms with van der Waals surface area (Å²) >= 11 is 0. The van der Waals surface area contributed by atoms with Gasteiger partial charge in [-0.15, -0.1) is 0 Å². The highest BCUT2D eigenvalue weighted by atomic mass is 16.5. The molecule has 0 saturated carbocycles. The van der Waals surface area contributed by atoms with E-state index in [-0.39, 0.29) is 17.6 Å². The van der Waals surface area contributed by atoms with Crippen molar-refractivity contribution in [2.75, 3.05) is 26.2 Å². The Morgan fingerprint density at radius 2 is 2.35 bits per heavy atom. The van der Waals surface area contributed by atoms with Crippen molar-refractivity contribution in [1.29, 1.82) is 0 Å². The van der Waals surface area contributed by atoms with Crippen molar-refractivity contribution in [3.8, 4) is 0 Å². The number of ether oxygens (including phenoxy) is 1. The van der Waals surface area contributed by atoms with Crippen LogP contribution in [0.4, 0.5) is 0 Å². The van der Waals surface area contributed by atoms with E-state index >= 15 is 0 Å². The van der Waals surface area contributed by atoms with Crippen LogP contribution in [0.5, 0.6) is 0 Å². The molecule has 98 valence electrons. The van der Waals surface area contributed by atoms with Gasteiger partial charge in [0.25, 0.3) is 0 Å². The number of nitrogens with zero attached hydrogens (tertiary/aromatic N) is 1. The summed E-state index contributed by atoms with van der Waals surface area (Å²) in [5.41, 5.74) is -0.325. The predicted octanol–water partition coefficient (Wildman–Crippen LogP) is 1.16. The van der Waals surface area contributed by atoms with Gasteiger partial charge in [-0.25, -0.2) is 0 Å². The Labute approximate surface area is 104 Å². The smallest absolute Gasteiger partial charge is 0.242 e. The standard InChI is InChI=1S/C13H24N2O2/c1-3-17-11-6-4-9-15(10-11)12(16)13(2)7-5-8-14-13/h11,14H,3-10H2,1-2H3. The second-order valence-electron chi connectivity index (χ2n) is 5.33. The van der Waals surface area contributed by atoms with Crippen LogP contribution in [0.15, 0.2) is 0 Å². The van der Waals surface area contributed by atoms with E-state index in [1.54, 1.807) is 0 Å². The number of amides is 1. The van der Waals surface area contributed by atoms with Crippen LogP contribution >= 0.6 is 0 Å². The molecule has 0 aromatic carbocycles. The zero-order chi connectivity index (χ0) is 12.3. The van der Waals surface area contributed by atoms with E-state index in [9.17, 15) is 4.79 Å². The Morgan fingerprint density at radius 3 is 3.00 bits per heavy atom. The lowest BCUT2D eigenvalue weighted by Gasteiger charge is -2.37. The number of likely N-dealkylation sites (tertiary alicyclic amines) is 1. The molecule has 0 aromatic heterocycles. The first-order valence-corrected chi connectivity index (χ1v) is 6.82. The molecule has 0 aromatic rings. The van der Waals surface area contributed by atoms with Gasteiger partial charge < -0.3 is 15.0 Å². The molecule has 0 aliphatic carbocycles. The minimum Gasteiger partial charge on any atom is -0.377 e. The van der Waals surface area contributed by atoms with Crippen molar-refractivity contribution < 1.29 is 9.53 Å². The molecule has 1 N–H and O–H groups in total. The van der Waals surface area contributed by atoms with E-state index in [2.05, 4.69) is 5.32 Å². The number of piperidine rings is 1. The number of carbonyl (C=O) groups is 1. The summed E-state index contributed by atoms with van der Waals surface area (Å²) in [7, 11) is 0. The maximum Gasteiger partial charge on any atom is 0.242 e. The first-order valence-electron chi connectivity index (χ1n) is 6.82. The first kappa shape index (κ1) is 12.8. The van der Waals surface area contributed by atoms with Crippen LogP contribution in [0.1, 0.15) is 39.5 Å².